The van der Waals surface area contributed by atoms with Crippen molar-refractivity contribution in [2.75, 3.05) is 24.5 Å². The Morgan fingerprint density at radius 1 is 1.26 bits per heavy atom. The Labute approximate surface area is 161 Å². The fourth-order valence-corrected chi connectivity index (χ4v) is 3.51. The van der Waals surface area contributed by atoms with Crippen molar-refractivity contribution >= 4 is 11.8 Å². The zero-order valence-electron chi connectivity index (χ0n) is 16.9. The molecular weight excluding hydrogens is 338 g/mol. The molecule has 0 radical (unpaired) electrons. The highest BCUT2D eigenvalue weighted by atomic mass is 15.3. The van der Waals surface area contributed by atoms with E-state index in [1.54, 1.807) is 0 Å². The predicted octanol–water partition coefficient (Wildman–Crippen LogP) is 2.16. The minimum atomic E-state index is 0.429. The van der Waals surface area contributed by atoms with Crippen molar-refractivity contribution < 1.29 is 0 Å². The van der Waals surface area contributed by atoms with Crippen LogP contribution in [0.3, 0.4) is 0 Å². The van der Waals surface area contributed by atoms with E-state index < -0.39 is 0 Å². The number of hydrogen-bond donors (Lipinski definition) is 2. The summed E-state index contributed by atoms with van der Waals surface area (Å²) in [6.07, 6.45) is 4.01. The van der Waals surface area contributed by atoms with Crippen LogP contribution in [0.1, 0.15) is 36.7 Å². The number of hydrogen-bond acceptors (Lipinski definition) is 4. The maximum atomic E-state index is 4.81. The maximum Gasteiger partial charge on any atom is 0.191 e. The number of nitrogens with zero attached hydrogens (tertiary/aromatic N) is 5. The molecule has 3 rings (SSSR count). The summed E-state index contributed by atoms with van der Waals surface area (Å²) >= 11 is 0. The average molecular weight is 370 g/mol. The summed E-state index contributed by atoms with van der Waals surface area (Å²) in [6, 6.07) is 6.52. The van der Waals surface area contributed by atoms with E-state index in [-0.39, 0.29) is 0 Å². The van der Waals surface area contributed by atoms with E-state index >= 15 is 0 Å². The lowest BCUT2D eigenvalue weighted by Crippen LogP contribution is -2.48. The lowest BCUT2D eigenvalue weighted by atomic mass is 10.1. The zero-order chi connectivity index (χ0) is 19.2. The quantitative estimate of drug-likeness (QED) is 0.624. The van der Waals surface area contributed by atoms with Crippen molar-refractivity contribution in [2.45, 2.75) is 46.2 Å². The van der Waals surface area contributed by atoms with Gasteiger partial charge in [0.1, 0.15) is 5.82 Å². The van der Waals surface area contributed by atoms with E-state index in [9.17, 15) is 0 Å². The summed E-state index contributed by atoms with van der Waals surface area (Å²) in [4.78, 5) is 11.6. The molecule has 2 aromatic rings. The standard InChI is InChI=1S/C20H31N7/c1-5-21-20(23-14-18-15(2)25-26(4)16(18)3)24-17-9-12-27(13-10-17)19-8-6-7-11-22-19/h6-8,11,17H,5,9-10,12-14H2,1-4H3,(H2,21,23,24). The molecule has 0 unspecified atom stereocenters. The van der Waals surface area contributed by atoms with E-state index in [1.165, 1.54) is 11.3 Å². The van der Waals surface area contributed by atoms with Crippen molar-refractivity contribution in [3.63, 3.8) is 0 Å². The fraction of sp³-hybridized carbons (Fsp3) is 0.550. The number of anilines is 1. The monoisotopic (exact) mass is 369 g/mol. The van der Waals surface area contributed by atoms with Gasteiger partial charge in [-0.3, -0.25) is 4.68 Å². The number of piperidine rings is 1. The van der Waals surface area contributed by atoms with E-state index in [0.29, 0.717) is 12.6 Å². The molecule has 146 valence electrons. The zero-order valence-corrected chi connectivity index (χ0v) is 16.9. The van der Waals surface area contributed by atoms with Gasteiger partial charge in [0.25, 0.3) is 0 Å². The molecule has 1 fully saturated rings. The van der Waals surface area contributed by atoms with Gasteiger partial charge >= 0.3 is 0 Å². The summed E-state index contributed by atoms with van der Waals surface area (Å²) < 4.78 is 1.92. The molecule has 2 N–H and O–H groups in total. The van der Waals surface area contributed by atoms with Crippen LogP contribution in [0, 0.1) is 13.8 Å². The Bertz CT molecular complexity index is 758. The van der Waals surface area contributed by atoms with Gasteiger partial charge in [-0.2, -0.15) is 5.10 Å². The number of aromatic nitrogens is 3. The molecule has 0 spiro atoms. The highest BCUT2D eigenvalue weighted by molar-refractivity contribution is 5.80. The van der Waals surface area contributed by atoms with Crippen LogP contribution in [-0.2, 0) is 13.6 Å². The highest BCUT2D eigenvalue weighted by Crippen LogP contribution is 2.17. The van der Waals surface area contributed by atoms with E-state index in [2.05, 4.69) is 45.5 Å². The van der Waals surface area contributed by atoms with E-state index in [0.717, 1.165) is 49.9 Å². The second-order valence-corrected chi connectivity index (χ2v) is 7.06. The normalized spacial score (nSPS) is 15.9. The second kappa shape index (κ2) is 8.88. The van der Waals surface area contributed by atoms with Gasteiger partial charge in [0.15, 0.2) is 5.96 Å². The summed E-state index contributed by atoms with van der Waals surface area (Å²) in [5.41, 5.74) is 3.44. The number of pyridine rings is 1. The minimum Gasteiger partial charge on any atom is -0.357 e. The van der Waals surface area contributed by atoms with Crippen LogP contribution < -0.4 is 15.5 Å². The summed E-state index contributed by atoms with van der Waals surface area (Å²) in [6.45, 7) is 9.76. The molecule has 7 heteroatoms. The third kappa shape index (κ3) is 4.78. The molecule has 0 bridgehead atoms. The Balaban J connectivity index is 1.58. The van der Waals surface area contributed by atoms with Gasteiger partial charge in [-0.15, -0.1) is 0 Å². The topological polar surface area (TPSA) is 70.4 Å². The van der Waals surface area contributed by atoms with Crippen molar-refractivity contribution in [1.29, 1.82) is 0 Å². The number of rotatable bonds is 5. The van der Waals surface area contributed by atoms with Crippen LogP contribution in [0.4, 0.5) is 5.82 Å². The van der Waals surface area contributed by atoms with Crippen LogP contribution in [0.15, 0.2) is 29.4 Å². The fourth-order valence-electron chi connectivity index (χ4n) is 3.51. The van der Waals surface area contributed by atoms with Gasteiger partial charge in [0.2, 0.25) is 0 Å². The molecule has 0 saturated carbocycles. The van der Waals surface area contributed by atoms with Gasteiger partial charge in [-0.05, 0) is 45.7 Å². The SMILES string of the molecule is CCNC(=NCc1c(C)nn(C)c1C)NC1CCN(c2ccccn2)CC1. The van der Waals surface area contributed by atoms with Gasteiger partial charge < -0.3 is 15.5 Å². The minimum absolute atomic E-state index is 0.429. The van der Waals surface area contributed by atoms with Gasteiger partial charge in [-0.1, -0.05) is 6.07 Å². The number of aryl methyl sites for hydroxylation is 2. The van der Waals surface area contributed by atoms with Crippen LogP contribution >= 0.6 is 0 Å². The summed E-state index contributed by atoms with van der Waals surface area (Å²) in [7, 11) is 1.98. The average Bonchev–Trinajstić information content (AvgIpc) is 2.93. The molecule has 2 aromatic heterocycles. The Kier molecular flexibility index (Phi) is 6.32. The summed E-state index contributed by atoms with van der Waals surface area (Å²) in [5.74, 6) is 1.95. The Morgan fingerprint density at radius 2 is 2.04 bits per heavy atom. The first-order valence-corrected chi connectivity index (χ1v) is 9.78. The van der Waals surface area contributed by atoms with Gasteiger partial charge in [-0.25, -0.2) is 9.98 Å². The van der Waals surface area contributed by atoms with Crippen LogP contribution in [-0.4, -0.2) is 46.4 Å². The molecule has 1 aliphatic rings. The van der Waals surface area contributed by atoms with Crippen molar-refractivity contribution in [3.05, 3.63) is 41.3 Å². The molecule has 0 aromatic carbocycles. The highest BCUT2D eigenvalue weighted by Gasteiger charge is 2.21. The number of nitrogens with one attached hydrogen (secondary N) is 2. The van der Waals surface area contributed by atoms with Crippen molar-refractivity contribution in [1.82, 2.24) is 25.4 Å². The van der Waals surface area contributed by atoms with E-state index in [1.807, 2.05) is 37.0 Å². The molecule has 7 nitrogen and oxygen atoms in total. The van der Waals surface area contributed by atoms with Crippen molar-refractivity contribution in [2.24, 2.45) is 12.0 Å². The molecule has 3 heterocycles. The molecular formula is C20H31N7. The molecule has 1 aliphatic heterocycles. The number of aliphatic imine (C=N–C) groups is 1. The molecule has 27 heavy (non-hydrogen) atoms. The third-order valence-electron chi connectivity index (χ3n) is 5.21. The maximum absolute atomic E-state index is 4.81. The largest absolute Gasteiger partial charge is 0.357 e. The third-order valence-corrected chi connectivity index (χ3v) is 5.21. The van der Waals surface area contributed by atoms with Crippen molar-refractivity contribution in [3.8, 4) is 0 Å². The van der Waals surface area contributed by atoms with Crippen LogP contribution in [0.25, 0.3) is 0 Å². The molecule has 0 aliphatic carbocycles. The molecule has 1 saturated heterocycles. The number of guanidine groups is 1. The Morgan fingerprint density at radius 3 is 2.63 bits per heavy atom. The van der Waals surface area contributed by atoms with Gasteiger partial charge in [0, 0.05) is 50.2 Å². The predicted molar refractivity (Wildman–Crippen MR) is 110 cm³/mol. The molecule has 0 amide bonds. The smallest absolute Gasteiger partial charge is 0.191 e. The first-order valence-electron chi connectivity index (χ1n) is 9.78. The first kappa shape index (κ1) is 19.2. The Hall–Kier alpha value is -2.57. The lowest BCUT2D eigenvalue weighted by Gasteiger charge is -2.33. The second-order valence-electron chi connectivity index (χ2n) is 7.06. The van der Waals surface area contributed by atoms with Crippen LogP contribution in [0.2, 0.25) is 0 Å². The first-order chi connectivity index (χ1) is 13.1. The molecule has 0 atom stereocenters. The summed E-state index contributed by atoms with van der Waals surface area (Å²) in [5, 5.41) is 11.5. The van der Waals surface area contributed by atoms with Crippen LogP contribution in [0.5, 0.6) is 0 Å². The van der Waals surface area contributed by atoms with E-state index in [4.69, 9.17) is 4.99 Å². The van der Waals surface area contributed by atoms with Gasteiger partial charge in [0.05, 0.1) is 12.2 Å². The lowest BCUT2D eigenvalue weighted by molar-refractivity contribution is 0.459.